The number of aromatic nitrogens is 3. The molecule has 142 valence electrons. The molecule has 6 nitrogen and oxygen atoms in total. The lowest BCUT2D eigenvalue weighted by atomic mass is 9.93. The minimum absolute atomic E-state index is 0.237. The van der Waals surface area contributed by atoms with Crippen LogP contribution in [0.5, 0.6) is 5.75 Å². The van der Waals surface area contributed by atoms with E-state index in [0.717, 1.165) is 24.9 Å². The minimum Gasteiger partial charge on any atom is -0.483 e. The summed E-state index contributed by atoms with van der Waals surface area (Å²) >= 11 is 0. The first kappa shape index (κ1) is 18.8. The highest BCUT2D eigenvalue weighted by Gasteiger charge is 2.15. The van der Waals surface area contributed by atoms with Crippen molar-refractivity contribution < 1.29 is 4.74 Å². The highest BCUT2D eigenvalue weighted by Crippen LogP contribution is 2.29. The van der Waals surface area contributed by atoms with Crippen molar-refractivity contribution in [3.8, 4) is 5.75 Å². The lowest BCUT2D eigenvalue weighted by Gasteiger charge is -2.15. The van der Waals surface area contributed by atoms with Crippen molar-refractivity contribution in [2.75, 3.05) is 17.6 Å². The van der Waals surface area contributed by atoms with E-state index in [4.69, 9.17) is 10.5 Å². The molecule has 3 rings (SSSR count). The first-order valence-corrected chi connectivity index (χ1v) is 9.38. The van der Waals surface area contributed by atoms with Gasteiger partial charge in [-0.1, -0.05) is 50.6 Å². The maximum absolute atomic E-state index is 6.03. The van der Waals surface area contributed by atoms with Gasteiger partial charge in [-0.25, -0.2) is 4.98 Å². The SMILES string of the molecule is CCCCNc1nc(N)ncc1OCc1c[nH]cc1C(C)c1ccccc1. The lowest BCUT2D eigenvalue weighted by molar-refractivity contribution is 0.304. The Hall–Kier alpha value is -3.02. The normalized spacial score (nSPS) is 11.9. The molecule has 0 aliphatic rings. The van der Waals surface area contributed by atoms with Gasteiger partial charge in [0.25, 0.3) is 0 Å². The van der Waals surface area contributed by atoms with Gasteiger partial charge < -0.3 is 20.8 Å². The van der Waals surface area contributed by atoms with Crippen molar-refractivity contribution >= 4 is 11.8 Å². The van der Waals surface area contributed by atoms with E-state index in [1.54, 1.807) is 6.20 Å². The number of hydrogen-bond donors (Lipinski definition) is 3. The summed E-state index contributed by atoms with van der Waals surface area (Å²) in [5.74, 6) is 1.77. The second-order valence-corrected chi connectivity index (χ2v) is 6.58. The van der Waals surface area contributed by atoms with Crippen molar-refractivity contribution in [1.29, 1.82) is 0 Å². The second kappa shape index (κ2) is 9.07. The zero-order chi connectivity index (χ0) is 19.1. The van der Waals surface area contributed by atoms with Crippen LogP contribution in [0.15, 0.2) is 48.9 Å². The van der Waals surface area contributed by atoms with Gasteiger partial charge in [0.05, 0.1) is 6.20 Å². The molecule has 0 spiro atoms. The van der Waals surface area contributed by atoms with Crippen molar-refractivity contribution in [3.05, 3.63) is 65.6 Å². The minimum atomic E-state index is 0.237. The molecule has 2 aromatic heterocycles. The van der Waals surface area contributed by atoms with Crippen LogP contribution in [0, 0.1) is 0 Å². The number of nitrogen functional groups attached to an aromatic ring is 1. The number of nitrogens with one attached hydrogen (secondary N) is 2. The number of unbranched alkanes of at least 4 members (excludes halogenated alkanes) is 1. The molecule has 0 fully saturated rings. The number of nitrogens with zero attached hydrogens (tertiary/aromatic N) is 2. The third-order valence-corrected chi connectivity index (χ3v) is 4.61. The van der Waals surface area contributed by atoms with Crippen molar-refractivity contribution in [2.45, 2.75) is 39.2 Å². The highest BCUT2D eigenvalue weighted by atomic mass is 16.5. The van der Waals surface area contributed by atoms with E-state index >= 15 is 0 Å². The fourth-order valence-corrected chi connectivity index (χ4v) is 3.01. The van der Waals surface area contributed by atoms with Crippen LogP contribution in [-0.4, -0.2) is 21.5 Å². The Morgan fingerprint density at radius 3 is 2.81 bits per heavy atom. The van der Waals surface area contributed by atoms with Gasteiger partial charge in [0.15, 0.2) is 11.6 Å². The monoisotopic (exact) mass is 365 g/mol. The average Bonchev–Trinajstić information content (AvgIpc) is 3.16. The van der Waals surface area contributed by atoms with Crippen LogP contribution in [0.4, 0.5) is 11.8 Å². The van der Waals surface area contributed by atoms with Gasteiger partial charge in [0.1, 0.15) is 6.61 Å². The van der Waals surface area contributed by atoms with Gasteiger partial charge in [-0.2, -0.15) is 4.98 Å². The molecule has 2 heterocycles. The maximum atomic E-state index is 6.03. The molecule has 3 aromatic rings. The van der Waals surface area contributed by atoms with Crippen molar-refractivity contribution in [3.63, 3.8) is 0 Å². The summed E-state index contributed by atoms with van der Waals surface area (Å²) < 4.78 is 6.03. The lowest BCUT2D eigenvalue weighted by Crippen LogP contribution is -2.09. The number of H-pyrrole nitrogens is 1. The van der Waals surface area contributed by atoms with Crippen molar-refractivity contribution in [2.24, 2.45) is 0 Å². The molecule has 1 aromatic carbocycles. The first-order chi connectivity index (χ1) is 13.2. The zero-order valence-electron chi connectivity index (χ0n) is 15.9. The van der Waals surface area contributed by atoms with E-state index in [2.05, 4.69) is 58.4 Å². The van der Waals surface area contributed by atoms with Crippen LogP contribution in [0.2, 0.25) is 0 Å². The van der Waals surface area contributed by atoms with Crippen molar-refractivity contribution in [1.82, 2.24) is 15.0 Å². The van der Waals surface area contributed by atoms with Crippen LogP contribution < -0.4 is 15.8 Å². The smallest absolute Gasteiger partial charge is 0.222 e. The summed E-state index contributed by atoms with van der Waals surface area (Å²) in [6.07, 6.45) is 7.81. The van der Waals surface area contributed by atoms with Gasteiger partial charge >= 0.3 is 0 Å². The molecule has 0 bridgehead atoms. The predicted molar refractivity (Wildman–Crippen MR) is 109 cm³/mol. The largest absolute Gasteiger partial charge is 0.483 e. The summed E-state index contributed by atoms with van der Waals surface area (Å²) in [6, 6.07) is 10.5. The Morgan fingerprint density at radius 1 is 1.22 bits per heavy atom. The molecular formula is C21H27N5O. The molecular weight excluding hydrogens is 338 g/mol. The average molecular weight is 365 g/mol. The Labute approximate surface area is 160 Å². The number of nitrogens with two attached hydrogens (primary N) is 1. The quantitative estimate of drug-likeness (QED) is 0.491. The molecule has 6 heteroatoms. The number of benzene rings is 1. The Balaban J connectivity index is 1.72. The van der Waals surface area contributed by atoms with Crippen LogP contribution in [0.3, 0.4) is 0 Å². The molecule has 0 saturated carbocycles. The third-order valence-electron chi connectivity index (χ3n) is 4.61. The molecule has 4 N–H and O–H groups in total. The standard InChI is InChI=1S/C21H27N5O/c1-3-4-10-24-20-19(13-25-21(22)26-20)27-14-17-11-23-12-18(17)15(2)16-8-6-5-7-9-16/h5-9,11-13,15,23H,3-4,10,14H2,1-2H3,(H3,22,24,25,26). The van der Waals surface area contributed by atoms with E-state index in [1.165, 1.54) is 11.1 Å². The molecule has 0 aliphatic heterocycles. The summed E-state index contributed by atoms with van der Waals surface area (Å²) in [5, 5.41) is 3.28. The van der Waals surface area contributed by atoms with Crippen LogP contribution in [-0.2, 0) is 6.61 Å². The fourth-order valence-electron chi connectivity index (χ4n) is 3.01. The van der Waals surface area contributed by atoms with Gasteiger partial charge in [0.2, 0.25) is 5.95 Å². The summed E-state index contributed by atoms with van der Waals surface area (Å²) in [6.45, 7) is 5.61. The van der Waals surface area contributed by atoms with E-state index in [1.807, 2.05) is 18.5 Å². The van der Waals surface area contributed by atoms with Gasteiger partial charge in [-0.05, 0) is 17.5 Å². The molecule has 0 saturated heterocycles. The number of anilines is 2. The first-order valence-electron chi connectivity index (χ1n) is 9.38. The number of rotatable bonds is 9. The van der Waals surface area contributed by atoms with E-state index < -0.39 is 0 Å². The Morgan fingerprint density at radius 2 is 2.04 bits per heavy atom. The third kappa shape index (κ3) is 4.78. The van der Waals surface area contributed by atoms with E-state index in [0.29, 0.717) is 18.2 Å². The van der Waals surface area contributed by atoms with Gasteiger partial charge in [-0.3, -0.25) is 0 Å². The summed E-state index contributed by atoms with van der Waals surface area (Å²) in [7, 11) is 0. The van der Waals surface area contributed by atoms with Crippen LogP contribution in [0.1, 0.15) is 49.3 Å². The maximum Gasteiger partial charge on any atom is 0.222 e. The highest BCUT2D eigenvalue weighted by molar-refractivity contribution is 5.51. The van der Waals surface area contributed by atoms with Crippen LogP contribution >= 0.6 is 0 Å². The van der Waals surface area contributed by atoms with E-state index in [9.17, 15) is 0 Å². The molecule has 0 radical (unpaired) electrons. The number of hydrogen-bond acceptors (Lipinski definition) is 5. The molecule has 27 heavy (non-hydrogen) atoms. The van der Waals surface area contributed by atoms with Gasteiger partial charge in [-0.15, -0.1) is 0 Å². The predicted octanol–water partition coefficient (Wildman–Crippen LogP) is 4.33. The Bertz CT molecular complexity index is 847. The number of aromatic amines is 1. The molecule has 0 amide bonds. The molecule has 1 unspecified atom stereocenters. The summed E-state index contributed by atoms with van der Waals surface area (Å²) in [5.41, 5.74) is 9.34. The van der Waals surface area contributed by atoms with Crippen LogP contribution in [0.25, 0.3) is 0 Å². The van der Waals surface area contributed by atoms with Gasteiger partial charge in [0, 0.05) is 30.4 Å². The second-order valence-electron chi connectivity index (χ2n) is 6.58. The molecule has 1 atom stereocenters. The fraction of sp³-hybridized carbons (Fsp3) is 0.333. The Kier molecular flexibility index (Phi) is 6.30. The topological polar surface area (TPSA) is 88.8 Å². The number of ether oxygens (including phenoxy) is 1. The summed E-state index contributed by atoms with van der Waals surface area (Å²) in [4.78, 5) is 11.5. The van der Waals surface area contributed by atoms with E-state index in [-0.39, 0.29) is 11.9 Å². The zero-order valence-corrected chi connectivity index (χ0v) is 15.9. The molecule has 0 aliphatic carbocycles.